The molecule has 31 heavy (non-hydrogen) atoms. The second kappa shape index (κ2) is 9.24. The first-order valence-corrected chi connectivity index (χ1v) is 10.0. The maximum atomic E-state index is 13.7. The standard InChI is InChI=1S/C23H21F3N2O3/c24-17-5-1-3-15(9-17)10-19-12-27-23(31-19)16-4-2-8-28(13-16)22(29)14-30-21-7-6-18(25)11-20(21)26/h1,3,5-7,9,11-12,16H,2,4,8,10,13-14H2. The van der Waals surface area contributed by atoms with E-state index in [4.69, 9.17) is 9.15 Å². The highest BCUT2D eigenvalue weighted by atomic mass is 19.1. The van der Waals surface area contributed by atoms with Gasteiger partial charge in [0.15, 0.2) is 24.1 Å². The van der Waals surface area contributed by atoms with E-state index in [9.17, 15) is 18.0 Å². The largest absolute Gasteiger partial charge is 0.481 e. The van der Waals surface area contributed by atoms with Crippen LogP contribution in [-0.4, -0.2) is 35.5 Å². The molecule has 1 fully saturated rings. The molecule has 0 bridgehead atoms. The Bertz CT molecular complexity index is 1070. The number of ether oxygens (including phenoxy) is 1. The molecule has 162 valence electrons. The van der Waals surface area contributed by atoms with Gasteiger partial charge in [-0.3, -0.25) is 4.79 Å². The molecule has 8 heteroatoms. The molecule has 0 saturated carbocycles. The average molecular weight is 430 g/mol. The van der Waals surface area contributed by atoms with Gasteiger partial charge < -0.3 is 14.1 Å². The second-order valence-electron chi connectivity index (χ2n) is 7.51. The van der Waals surface area contributed by atoms with Gasteiger partial charge in [0.05, 0.1) is 12.1 Å². The molecule has 1 aliphatic rings. The van der Waals surface area contributed by atoms with Gasteiger partial charge in [0, 0.05) is 25.6 Å². The van der Waals surface area contributed by atoms with Crippen molar-refractivity contribution in [1.82, 2.24) is 9.88 Å². The summed E-state index contributed by atoms with van der Waals surface area (Å²) in [6, 6.07) is 9.24. The van der Waals surface area contributed by atoms with E-state index >= 15 is 0 Å². The van der Waals surface area contributed by atoms with Crippen molar-refractivity contribution in [1.29, 1.82) is 0 Å². The van der Waals surface area contributed by atoms with Crippen molar-refractivity contribution in [3.63, 3.8) is 0 Å². The van der Waals surface area contributed by atoms with Crippen LogP contribution < -0.4 is 4.74 Å². The molecular weight excluding hydrogens is 409 g/mol. The van der Waals surface area contributed by atoms with Crippen molar-refractivity contribution >= 4 is 5.91 Å². The summed E-state index contributed by atoms with van der Waals surface area (Å²) in [4.78, 5) is 18.5. The molecule has 2 heterocycles. The lowest BCUT2D eigenvalue weighted by atomic mass is 9.98. The van der Waals surface area contributed by atoms with E-state index in [2.05, 4.69) is 4.98 Å². The summed E-state index contributed by atoms with van der Waals surface area (Å²) in [6.45, 7) is 0.626. The zero-order valence-electron chi connectivity index (χ0n) is 16.7. The van der Waals surface area contributed by atoms with Gasteiger partial charge >= 0.3 is 0 Å². The lowest BCUT2D eigenvalue weighted by molar-refractivity contribution is -0.134. The smallest absolute Gasteiger partial charge is 0.260 e. The Morgan fingerprint density at radius 3 is 2.81 bits per heavy atom. The fourth-order valence-electron chi connectivity index (χ4n) is 3.67. The zero-order valence-corrected chi connectivity index (χ0v) is 16.7. The number of nitrogens with zero attached hydrogens (tertiary/aromatic N) is 2. The highest BCUT2D eigenvalue weighted by molar-refractivity contribution is 5.78. The Hall–Kier alpha value is -3.29. The lowest BCUT2D eigenvalue weighted by Gasteiger charge is -2.31. The molecule has 1 aromatic heterocycles. The number of rotatable bonds is 6. The van der Waals surface area contributed by atoms with Crippen LogP contribution in [0.5, 0.6) is 5.75 Å². The van der Waals surface area contributed by atoms with Crippen LogP contribution in [0.2, 0.25) is 0 Å². The molecule has 1 saturated heterocycles. The number of likely N-dealkylation sites (tertiary alicyclic amines) is 1. The number of benzene rings is 2. The number of oxazole rings is 1. The average Bonchev–Trinajstić information content (AvgIpc) is 3.21. The van der Waals surface area contributed by atoms with Crippen LogP contribution in [-0.2, 0) is 11.2 Å². The van der Waals surface area contributed by atoms with Gasteiger partial charge in [-0.15, -0.1) is 0 Å². The second-order valence-corrected chi connectivity index (χ2v) is 7.51. The van der Waals surface area contributed by atoms with Crippen molar-refractivity contribution in [3.05, 3.63) is 83.3 Å². The van der Waals surface area contributed by atoms with Crippen molar-refractivity contribution in [2.24, 2.45) is 0 Å². The molecule has 1 amide bonds. The molecular formula is C23H21F3N2O3. The summed E-state index contributed by atoms with van der Waals surface area (Å²) in [5.41, 5.74) is 0.785. The molecule has 0 spiro atoms. The summed E-state index contributed by atoms with van der Waals surface area (Å²) in [5.74, 6) is -1.23. The molecule has 0 aliphatic carbocycles. The molecule has 0 radical (unpaired) electrons. The minimum absolute atomic E-state index is 0.0680. The van der Waals surface area contributed by atoms with Crippen molar-refractivity contribution in [2.45, 2.75) is 25.2 Å². The van der Waals surface area contributed by atoms with Crippen LogP contribution in [0.25, 0.3) is 0 Å². The maximum absolute atomic E-state index is 13.7. The van der Waals surface area contributed by atoms with E-state index in [1.54, 1.807) is 17.2 Å². The van der Waals surface area contributed by atoms with Crippen LogP contribution in [0.15, 0.2) is 53.1 Å². The Labute approximate surface area is 177 Å². The first-order valence-electron chi connectivity index (χ1n) is 10.0. The number of halogens is 3. The Morgan fingerprint density at radius 2 is 2.00 bits per heavy atom. The van der Waals surface area contributed by atoms with E-state index in [1.165, 1.54) is 12.1 Å². The van der Waals surface area contributed by atoms with Gasteiger partial charge in [-0.1, -0.05) is 12.1 Å². The SMILES string of the molecule is O=C(COc1ccc(F)cc1F)N1CCCC(c2ncc(Cc3cccc(F)c3)o2)C1. The molecule has 1 aliphatic heterocycles. The molecule has 4 rings (SSSR count). The fourth-order valence-corrected chi connectivity index (χ4v) is 3.67. The van der Waals surface area contributed by atoms with Crippen molar-refractivity contribution in [2.75, 3.05) is 19.7 Å². The Morgan fingerprint density at radius 1 is 1.16 bits per heavy atom. The maximum Gasteiger partial charge on any atom is 0.260 e. The number of hydrogen-bond acceptors (Lipinski definition) is 4. The predicted molar refractivity (Wildman–Crippen MR) is 106 cm³/mol. The third kappa shape index (κ3) is 5.25. The van der Waals surface area contributed by atoms with Crippen molar-refractivity contribution in [3.8, 4) is 5.75 Å². The topological polar surface area (TPSA) is 55.6 Å². The number of carbonyl (C=O) groups is 1. The summed E-state index contributed by atoms with van der Waals surface area (Å²) in [5, 5.41) is 0. The molecule has 0 N–H and O–H groups in total. The van der Waals surface area contributed by atoms with Crippen LogP contribution >= 0.6 is 0 Å². The molecule has 1 unspecified atom stereocenters. The summed E-state index contributed by atoms with van der Waals surface area (Å²) < 4.78 is 51.1. The minimum atomic E-state index is -0.852. The van der Waals surface area contributed by atoms with E-state index in [-0.39, 0.29) is 30.0 Å². The highest BCUT2D eigenvalue weighted by Gasteiger charge is 2.28. The zero-order chi connectivity index (χ0) is 21.8. The lowest BCUT2D eigenvalue weighted by Crippen LogP contribution is -2.41. The first kappa shape index (κ1) is 21.0. The monoisotopic (exact) mass is 430 g/mol. The summed E-state index contributed by atoms with van der Waals surface area (Å²) in [6.07, 6.45) is 3.64. The number of amides is 1. The number of piperidine rings is 1. The molecule has 5 nitrogen and oxygen atoms in total. The van der Waals surface area contributed by atoms with Gasteiger partial charge in [0.2, 0.25) is 0 Å². The van der Waals surface area contributed by atoms with Crippen LogP contribution in [0.4, 0.5) is 13.2 Å². The Balaban J connectivity index is 1.35. The minimum Gasteiger partial charge on any atom is -0.481 e. The van der Waals surface area contributed by atoms with Gasteiger partial charge in [-0.05, 0) is 42.7 Å². The summed E-state index contributed by atoms with van der Waals surface area (Å²) >= 11 is 0. The predicted octanol–water partition coefficient (Wildman–Crippen LogP) is 4.47. The number of hydrogen-bond donors (Lipinski definition) is 0. The van der Waals surface area contributed by atoms with Crippen molar-refractivity contribution < 1.29 is 27.1 Å². The fraction of sp³-hybridized carbons (Fsp3) is 0.304. The quantitative estimate of drug-likeness (QED) is 0.579. The molecule has 3 aromatic rings. The van der Waals surface area contributed by atoms with E-state index in [0.29, 0.717) is 37.2 Å². The van der Waals surface area contributed by atoms with E-state index < -0.39 is 11.6 Å². The number of carbonyl (C=O) groups excluding carboxylic acids is 1. The van der Waals surface area contributed by atoms with Gasteiger partial charge in [0.25, 0.3) is 5.91 Å². The van der Waals surface area contributed by atoms with Crippen LogP contribution in [0.3, 0.4) is 0 Å². The van der Waals surface area contributed by atoms with Crippen LogP contribution in [0.1, 0.15) is 36.0 Å². The summed E-state index contributed by atoms with van der Waals surface area (Å²) in [7, 11) is 0. The molecule has 1 atom stereocenters. The van der Waals surface area contributed by atoms with Crippen LogP contribution in [0, 0.1) is 17.5 Å². The van der Waals surface area contributed by atoms with E-state index in [1.807, 2.05) is 6.07 Å². The van der Waals surface area contributed by atoms with E-state index in [0.717, 1.165) is 30.5 Å². The molecule has 2 aromatic carbocycles. The Kier molecular flexibility index (Phi) is 6.25. The van der Waals surface area contributed by atoms with Gasteiger partial charge in [-0.2, -0.15) is 0 Å². The van der Waals surface area contributed by atoms with Gasteiger partial charge in [0.1, 0.15) is 17.4 Å². The van der Waals surface area contributed by atoms with Gasteiger partial charge in [-0.25, -0.2) is 18.2 Å². The highest BCUT2D eigenvalue weighted by Crippen LogP contribution is 2.27. The first-order chi connectivity index (χ1) is 15.0. The number of aromatic nitrogens is 1. The normalized spacial score (nSPS) is 16.4. The third-order valence-electron chi connectivity index (χ3n) is 5.21. The third-order valence-corrected chi connectivity index (χ3v) is 5.21.